The standard InChI is InChI=1S/C28H26N2O4/c1-14-13-33-26-16(3)27-20(11-19(14)26)15(2)21(28(32)34-27)12-24(31)29-23-10-6-8-18-17-7-4-5-9-22(17)30-25(18)23/h4-5,7,9,11,13,23,30H,6,8,10,12H2,1-3H3,(H,29,31)/t23-/m0/s1. The quantitative estimate of drug-likeness (QED) is 0.343. The first-order valence-corrected chi connectivity index (χ1v) is 11.7. The minimum Gasteiger partial charge on any atom is -0.464 e. The van der Waals surface area contributed by atoms with Crippen molar-refractivity contribution in [2.75, 3.05) is 0 Å². The van der Waals surface area contributed by atoms with Crippen LogP contribution in [0.2, 0.25) is 0 Å². The van der Waals surface area contributed by atoms with Crippen molar-refractivity contribution in [2.45, 2.75) is 52.5 Å². The third-order valence-electron chi connectivity index (χ3n) is 7.32. The third-order valence-corrected chi connectivity index (χ3v) is 7.32. The number of benzene rings is 2. The lowest BCUT2D eigenvalue weighted by Crippen LogP contribution is -2.33. The van der Waals surface area contributed by atoms with E-state index < -0.39 is 5.63 Å². The molecule has 6 rings (SSSR count). The lowest BCUT2D eigenvalue weighted by atomic mass is 9.91. The Labute approximate surface area is 195 Å². The summed E-state index contributed by atoms with van der Waals surface area (Å²) in [7, 11) is 0. The molecule has 0 bridgehead atoms. The van der Waals surface area contributed by atoms with Crippen LogP contribution in [-0.2, 0) is 17.6 Å². The summed E-state index contributed by atoms with van der Waals surface area (Å²) in [6, 6.07) is 10.2. The van der Waals surface area contributed by atoms with Gasteiger partial charge in [-0.25, -0.2) is 4.79 Å². The molecule has 0 radical (unpaired) electrons. The zero-order valence-electron chi connectivity index (χ0n) is 19.5. The van der Waals surface area contributed by atoms with E-state index in [0.29, 0.717) is 11.1 Å². The van der Waals surface area contributed by atoms with Crippen molar-refractivity contribution in [1.29, 1.82) is 0 Å². The molecule has 3 heterocycles. The molecule has 1 aliphatic carbocycles. The highest BCUT2D eigenvalue weighted by Crippen LogP contribution is 2.35. The Morgan fingerprint density at radius 3 is 2.76 bits per heavy atom. The van der Waals surface area contributed by atoms with Gasteiger partial charge in [-0.15, -0.1) is 0 Å². The molecule has 1 atom stereocenters. The van der Waals surface area contributed by atoms with Crippen molar-refractivity contribution in [2.24, 2.45) is 0 Å². The monoisotopic (exact) mass is 454 g/mol. The number of hydrogen-bond donors (Lipinski definition) is 2. The molecule has 0 aliphatic heterocycles. The molecule has 0 saturated carbocycles. The number of H-pyrrole nitrogens is 1. The number of nitrogens with one attached hydrogen (secondary N) is 2. The van der Waals surface area contributed by atoms with Crippen molar-refractivity contribution in [3.63, 3.8) is 0 Å². The number of aryl methyl sites for hydroxylation is 4. The molecule has 34 heavy (non-hydrogen) atoms. The van der Waals surface area contributed by atoms with Crippen LogP contribution in [0.3, 0.4) is 0 Å². The number of fused-ring (bicyclic) bond motifs is 5. The average molecular weight is 455 g/mol. The van der Waals surface area contributed by atoms with Gasteiger partial charge in [-0.1, -0.05) is 18.2 Å². The highest BCUT2D eigenvalue weighted by Gasteiger charge is 2.26. The lowest BCUT2D eigenvalue weighted by molar-refractivity contribution is -0.121. The number of furan rings is 1. The molecule has 0 spiro atoms. The Hall–Kier alpha value is -3.80. The van der Waals surface area contributed by atoms with Crippen LogP contribution in [0.5, 0.6) is 0 Å². The van der Waals surface area contributed by atoms with Gasteiger partial charge in [0.1, 0.15) is 11.2 Å². The largest absolute Gasteiger partial charge is 0.464 e. The number of aromatic nitrogens is 1. The van der Waals surface area contributed by atoms with Crippen LogP contribution in [0, 0.1) is 20.8 Å². The maximum Gasteiger partial charge on any atom is 0.340 e. The van der Waals surface area contributed by atoms with Crippen LogP contribution < -0.4 is 10.9 Å². The Morgan fingerprint density at radius 2 is 1.91 bits per heavy atom. The fourth-order valence-corrected chi connectivity index (χ4v) is 5.49. The summed E-state index contributed by atoms with van der Waals surface area (Å²) in [5, 5.41) is 6.22. The van der Waals surface area contributed by atoms with Crippen LogP contribution >= 0.6 is 0 Å². The predicted octanol–water partition coefficient (Wildman–Crippen LogP) is 5.68. The Bertz CT molecular complexity index is 1670. The summed E-state index contributed by atoms with van der Waals surface area (Å²) >= 11 is 0. The van der Waals surface area contributed by atoms with Gasteiger partial charge >= 0.3 is 5.63 Å². The topological polar surface area (TPSA) is 88.2 Å². The van der Waals surface area contributed by atoms with Gasteiger partial charge in [-0.3, -0.25) is 4.79 Å². The molecule has 5 aromatic rings. The van der Waals surface area contributed by atoms with Crippen LogP contribution in [0.1, 0.15) is 52.4 Å². The molecule has 6 nitrogen and oxygen atoms in total. The maximum atomic E-state index is 13.1. The fourth-order valence-electron chi connectivity index (χ4n) is 5.49. The molecule has 1 amide bonds. The molecule has 1 aliphatic rings. The fraction of sp³-hybridized carbons (Fsp3) is 0.286. The van der Waals surface area contributed by atoms with Gasteiger partial charge in [0.05, 0.1) is 24.3 Å². The summed E-state index contributed by atoms with van der Waals surface area (Å²) in [5.41, 5.74) is 7.23. The summed E-state index contributed by atoms with van der Waals surface area (Å²) in [6.07, 6.45) is 4.57. The van der Waals surface area contributed by atoms with Crippen molar-refractivity contribution in [3.05, 3.63) is 80.5 Å². The predicted molar refractivity (Wildman–Crippen MR) is 132 cm³/mol. The zero-order valence-corrected chi connectivity index (χ0v) is 19.5. The van der Waals surface area contributed by atoms with Crippen LogP contribution in [0.25, 0.3) is 32.8 Å². The maximum absolute atomic E-state index is 13.1. The van der Waals surface area contributed by atoms with Gasteiger partial charge in [-0.2, -0.15) is 0 Å². The second-order valence-electron chi connectivity index (χ2n) is 9.42. The van der Waals surface area contributed by atoms with Crippen LogP contribution in [0.4, 0.5) is 0 Å². The van der Waals surface area contributed by atoms with E-state index in [1.165, 1.54) is 10.9 Å². The third kappa shape index (κ3) is 3.09. The number of para-hydroxylation sites is 1. The van der Waals surface area contributed by atoms with E-state index in [4.69, 9.17) is 8.83 Å². The van der Waals surface area contributed by atoms with E-state index in [-0.39, 0.29) is 18.4 Å². The molecule has 0 fully saturated rings. The number of aromatic amines is 1. The van der Waals surface area contributed by atoms with Crippen LogP contribution in [0.15, 0.2) is 50.2 Å². The molecular weight excluding hydrogens is 428 g/mol. The number of amides is 1. The minimum absolute atomic E-state index is 0.0162. The summed E-state index contributed by atoms with van der Waals surface area (Å²) in [5.74, 6) is -0.177. The van der Waals surface area contributed by atoms with Gasteiger partial charge in [0.15, 0.2) is 0 Å². The summed E-state index contributed by atoms with van der Waals surface area (Å²) in [4.78, 5) is 29.5. The smallest absolute Gasteiger partial charge is 0.340 e. The highest BCUT2D eigenvalue weighted by molar-refractivity contribution is 6.00. The first-order valence-electron chi connectivity index (χ1n) is 11.7. The van der Waals surface area contributed by atoms with Crippen molar-refractivity contribution < 1.29 is 13.6 Å². The number of carbonyl (C=O) groups excluding carboxylic acids is 1. The first kappa shape index (κ1) is 20.8. The number of hydrogen-bond acceptors (Lipinski definition) is 4. The minimum atomic E-state index is -0.471. The van der Waals surface area contributed by atoms with Crippen LogP contribution in [-0.4, -0.2) is 10.9 Å². The number of carbonyl (C=O) groups is 1. The molecule has 3 aromatic heterocycles. The first-order chi connectivity index (χ1) is 16.4. The van der Waals surface area contributed by atoms with Gasteiger partial charge in [-0.05, 0) is 68.9 Å². The van der Waals surface area contributed by atoms with Crippen molar-refractivity contribution >= 4 is 38.7 Å². The Balaban J connectivity index is 1.34. The van der Waals surface area contributed by atoms with E-state index in [1.807, 2.05) is 39.0 Å². The highest BCUT2D eigenvalue weighted by atomic mass is 16.4. The van der Waals surface area contributed by atoms with E-state index in [9.17, 15) is 9.59 Å². The molecule has 0 saturated heterocycles. The average Bonchev–Trinajstić information content (AvgIpc) is 3.39. The second-order valence-corrected chi connectivity index (χ2v) is 9.42. The molecule has 2 N–H and O–H groups in total. The summed E-state index contributed by atoms with van der Waals surface area (Å²) in [6.45, 7) is 5.77. The second kappa shape index (κ2) is 7.62. The van der Waals surface area contributed by atoms with Crippen molar-refractivity contribution in [3.8, 4) is 0 Å². The van der Waals surface area contributed by atoms with Gasteiger partial charge < -0.3 is 19.1 Å². The van der Waals surface area contributed by atoms with Gasteiger partial charge in [0, 0.05) is 32.9 Å². The van der Waals surface area contributed by atoms with E-state index in [0.717, 1.165) is 63.5 Å². The van der Waals surface area contributed by atoms with E-state index in [1.54, 1.807) is 6.26 Å². The summed E-state index contributed by atoms with van der Waals surface area (Å²) < 4.78 is 11.4. The molecule has 6 heteroatoms. The van der Waals surface area contributed by atoms with E-state index in [2.05, 4.69) is 22.4 Å². The normalized spacial score (nSPS) is 15.8. The van der Waals surface area contributed by atoms with Gasteiger partial charge in [0.2, 0.25) is 5.91 Å². The number of rotatable bonds is 3. The van der Waals surface area contributed by atoms with Gasteiger partial charge in [0.25, 0.3) is 0 Å². The molecule has 2 aromatic carbocycles. The van der Waals surface area contributed by atoms with E-state index >= 15 is 0 Å². The molecule has 172 valence electrons. The zero-order chi connectivity index (χ0) is 23.6. The SMILES string of the molecule is Cc1coc2c(C)c3oc(=O)c(CC(=O)N[C@H]4CCCc5c4[nH]c4ccccc54)c(C)c3cc12. The Kier molecular flexibility index (Phi) is 4.66. The Morgan fingerprint density at radius 1 is 1.09 bits per heavy atom. The molecular formula is C28H26N2O4. The molecule has 0 unspecified atom stereocenters. The van der Waals surface area contributed by atoms with Crippen molar-refractivity contribution in [1.82, 2.24) is 10.3 Å². The lowest BCUT2D eigenvalue weighted by Gasteiger charge is -2.24.